The van der Waals surface area contributed by atoms with Crippen LogP contribution in [0.2, 0.25) is 0 Å². The third kappa shape index (κ3) is 7.07. The number of nitrogens with one attached hydrogen (secondary N) is 1. The second kappa shape index (κ2) is 13.4. The summed E-state index contributed by atoms with van der Waals surface area (Å²) in [5, 5.41) is 6.37. The van der Waals surface area contributed by atoms with E-state index in [0.717, 1.165) is 37.3 Å². The molecule has 0 bridgehead atoms. The van der Waals surface area contributed by atoms with E-state index >= 15 is 0 Å². The highest BCUT2D eigenvalue weighted by atomic mass is 32.2. The molecule has 1 N–H and O–H groups in total. The van der Waals surface area contributed by atoms with Gasteiger partial charge in [-0.15, -0.1) is 0 Å². The van der Waals surface area contributed by atoms with Crippen molar-refractivity contribution < 1.29 is 22.7 Å². The van der Waals surface area contributed by atoms with Crippen LogP contribution in [0, 0.1) is 13.8 Å². The predicted molar refractivity (Wildman–Crippen MR) is 174 cm³/mol. The second-order valence-electron chi connectivity index (χ2n) is 10.3. The number of fused-ring (bicyclic) bond motifs is 1. The predicted octanol–water partition coefficient (Wildman–Crippen LogP) is 6.39. The van der Waals surface area contributed by atoms with Crippen LogP contribution in [-0.4, -0.2) is 34.2 Å². The number of hydrazone groups is 1. The molecule has 0 radical (unpaired) electrons. The molecule has 5 rings (SSSR count). The van der Waals surface area contributed by atoms with Crippen LogP contribution in [0.5, 0.6) is 11.5 Å². The zero-order valence-electron chi connectivity index (χ0n) is 24.7. The van der Waals surface area contributed by atoms with Gasteiger partial charge in [0.25, 0.3) is 15.9 Å². The summed E-state index contributed by atoms with van der Waals surface area (Å²) in [5.41, 5.74) is 6.26. The van der Waals surface area contributed by atoms with Gasteiger partial charge in [-0.1, -0.05) is 66.2 Å². The van der Waals surface area contributed by atoms with Crippen LogP contribution in [0.4, 0.5) is 5.69 Å². The molecule has 1 amide bonds. The van der Waals surface area contributed by atoms with Crippen LogP contribution in [-0.2, 0) is 21.4 Å². The number of hydrogen-bond donors (Lipinski definition) is 1. The molecule has 5 aromatic rings. The topological polar surface area (TPSA) is 97.3 Å². The Morgan fingerprint density at radius 3 is 2.32 bits per heavy atom. The molecule has 224 valence electrons. The summed E-state index contributed by atoms with van der Waals surface area (Å²) >= 11 is 0. The first-order valence-corrected chi connectivity index (χ1v) is 15.4. The lowest BCUT2D eigenvalue weighted by Crippen LogP contribution is -2.39. The molecule has 44 heavy (non-hydrogen) atoms. The van der Waals surface area contributed by atoms with Gasteiger partial charge < -0.3 is 9.47 Å². The minimum Gasteiger partial charge on any atom is -0.495 e. The summed E-state index contributed by atoms with van der Waals surface area (Å²) in [6.07, 6.45) is 1.48. The lowest BCUT2D eigenvalue weighted by molar-refractivity contribution is -0.119. The Labute approximate surface area is 257 Å². The molecule has 0 saturated carbocycles. The summed E-state index contributed by atoms with van der Waals surface area (Å²) in [7, 11) is -2.65. The van der Waals surface area contributed by atoms with E-state index in [-0.39, 0.29) is 10.6 Å². The third-order valence-electron chi connectivity index (χ3n) is 7.06. The van der Waals surface area contributed by atoms with Gasteiger partial charge in [0, 0.05) is 0 Å². The minimum atomic E-state index is -4.11. The first kappa shape index (κ1) is 30.3. The van der Waals surface area contributed by atoms with Crippen molar-refractivity contribution in [1.82, 2.24) is 5.43 Å². The van der Waals surface area contributed by atoms with Crippen molar-refractivity contribution in [1.29, 1.82) is 0 Å². The fourth-order valence-electron chi connectivity index (χ4n) is 4.71. The molecule has 5 aromatic carbocycles. The van der Waals surface area contributed by atoms with Crippen molar-refractivity contribution in [2.45, 2.75) is 25.3 Å². The Balaban J connectivity index is 1.26. The molecule has 0 heterocycles. The van der Waals surface area contributed by atoms with E-state index in [1.807, 2.05) is 68.4 Å². The SMILES string of the molecule is COc1ccc(C)cc1N(CC(=O)N/N=C\c1ccc(OCc2cccc3ccccc23)cc1)S(=O)(=O)c1ccc(C)cc1. The average molecular weight is 608 g/mol. The van der Waals surface area contributed by atoms with Crippen LogP contribution < -0.4 is 19.2 Å². The number of hydrogen-bond acceptors (Lipinski definition) is 6. The summed E-state index contributed by atoms with van der Waals surface area (Å²) in [5.74, 6) is 0.407. The third-order valence-corrected chi connectivity index (χ3v) is 8.83. The Bertz CT molecular complexity index is 1900. The van der Waals surface area contributed by atoms with Crippen molar-refractivity contribution in [3.05, 3.63) is 131 Å². The number of nitrogens with zero attached hydrogens (tertiary/aromatic N) is 2. The molecular formula is C35H33N3O5S. The van der Waals surface area contributed by atoms with E-state index in [0.29, 0.717) is 18.1 Å². The van der Waals surface area contributed by atoms with E-state index in [1.165, 1.54) is 25.5 Å². The van der Waals surface area contributed by atoms with Crippen molar-refractivity contribution in [2.75, 3.05) is 18.0 Å². The van der Waals surface area contributed by atoms with Gasteiger partial charge in [-0.25, -0.2) is 13.8 Å². The van der Waals surface area contributed by atoms with Crippen LogP contribution in [0.15, 0.2) is 119 Å². The molecule has 0 aliphatic carbocycles. The summed E-state index contributed by atoms with van der Waals surface area (Å²) < 4.78 is 40.0. The van der Waals surface area contributed by atoms with Gasteiger partial charge in [0.2, 0.25) is 0 Å². The first-order chi connectivity index (χ1) is 21.2. The number of carbonyl (C=O) groups is 1. The number of rotatable bonds is 11. The quantitative estimate of drug-likeness (QED) is 0.139. The van der Waals surface area contributed by atoms with Gasteiger partial charge in [-0.2, -0.15) is 5.10 Å². The minimum absolute atomic E-state index is 0.0609. The fraction of sp³-hybridized carbons (Fsp3) is 0.143. The lowest BCUT2D eigenvalue weighted by Gasteiger charge is -2.25. The molecule has 0 aliphatic rings. The number of benzene rings is 5. The van der Waals surface area contributed by atoms with Crippen LogP contribution >= 0.6 is 0 Å². The van der Waals surface area contributed by atoms with E-state index in [9.17, 15) is 13.2 Å². The Morgan fingerprint density at radius 2 is 1.57 bits per heavy atom. The van der Waals surface area contributed by atoms with Gasteiger partial charge in [0.1, 0.15) is 24.7 Å². The molecule has 0 fully saturated rings. The maximum absolute atomic E-state index is 13.7. The summed E-state index contributed by atoms with van der Waals surface area (Å²) in [6, 6.07) is 33.2. The Hall–Kier alpha value is -5.15. The van der Waals surface area contributed by atoms with Crippen molar-refractivity contribution >= 4 is 38.6 Å². The molecule has 0 aliphatic heterocycles. The molecule has 8 nitrogen and oxygen atoms in total. The van der Waals surface area contributed by atoms with Crippen molar-refractivity contribution in [3.8, 4) is 11.5 Å². The monoisotopic (exact) mass is 607 g/mol. The highest BCUT2D eigenvalue weighted by Crippen LogP contribution is 2.33. The normalized spacial score (nSPS) is 11.4. The molecule has 0 aromatic heterocycles. The summed E-state index contributed by atoms with van der Waals surface area (Å²) in [4.78, 5) is 13.1. The summed E-state index contributed by atoms with van der Waals surface area (Å²) in [6.45, 7) is 3.63. The highest BCUT2D eigenvalue weighted by Gasteiger charge is 2.29. The van der Waals surface area contributed by atoms with Gasteiger partial charge in [0.15, 0.2) is 0 Å². The smallest absolute Gasteiger partial charge is 0.264 e. The van der Waals surface area contributed by atoms with Gasteiger partial charge in [-0.3, -0.25) is 9.10 Å². The van der Waals surface area contributed by atoms with Crippen LogP contribution in [0.1, 0.15) is 22.3 Å². The number of carbonyl (C=O) groups excluding carboxylic acids is 1. The number of sulfonamides is 1. The van der Waals surface area contributed by atoms with Gasteiger partial charge >= 0.3 is 0 Å². The van der Waals surface area contributed by atoms with Crippen molar-refractivity contribution in [2.24, 2.45) is 5.10 Å². The van der Waals surface area contributed by atoms with Gasteiger partial charge in [0.05, 0.1) is 23.9 Å². The largest absolute Gasteiger partial charge is 0.495 e. The molecule has 0 unspecified atom stereocenters. The molecule has 0 spiro atoms. The van der Waals surface area contributed by atoms with Crippen LogP contribution in [0.25, 0.3) is 10.8 Å². The van der Waals surface area contributed by atoms with E-state index < -0.39 is 22.5 Å². The number of amides is 1. The maximum atomic E-state index is 13.7. The maximum Gasteiger partial charge on any atom is 0.264 e. The van der Waals surface area contributed by atoms with Gasteiger partial charge in [-0.05, 0) is 89.8 Å². The van der Waals surface area contributed by atoms with E-state index in [2.05, 4.69) is 28.7 Å². The Morgan fingerprint density at radius 1 is 0.864 bits per heavy atom. The van der Waals surface area contributed by atoms with Crippen molar-refractivity contribution in [3.63, 3.8) is 0 Å². The molecule has 0 atom stereocenters. The molecule has 9 heteroatoms. The number of methoxy groups -OCH3 is 1. The average Bonchev–Trinajstić information content (AvgIpc) is 3.03. The van der Waals surface area contributed by atoms with E-state index in [1.54, 1.807) is 24.3 Å². The molecular weight excluding hydrogens is 574 g/mol. The number of aryl methyl sites for hydroxylation is 2. The zero-order chi connectivity index (χ0) is 31.1. The Kier molecular flexibility index (Phi) is 9.26. The zero-order valence-corrected chi connectivity index (χ0v) is 25.5. The fourth-order valence-corrected chi connectivity index (χ4v) is 6.13. The highest BCUT2D eigenvalue weighted by molar-refractivity contribution is 7.92. The number of anilines is 1. The lowest BCUT2D eigenvalue weighted by atomic mass is 10.1. The number of ether oxygens (including phenoxy) is 2. The second-order valence-corrected chi connectivity index (χ2v) is 12.2. The molecule has 0 saturated heterocycles. The first-order valence-electron chi connectivity index (χ1n) is 14.0. The van der Waals surface area contributed by atoms with E-state index in [4.69, 9.17) is 9.47 Å². The van der Waals surface area contributed by atoms with Crippen LogP contribution in [0.3, 0.4) is 0 Å². The standard InChI is InChI=1S/C35H33N3O5S/c1-25-11-18-31(19-12-25)44(40,41)38(33-21-26(2)13-20-34(33)42-3)23-35(39)37-36-22-27-14-16-30(17-15-27)43-24-29-9-6-8-28-7-4-5-10-32(28)29/h4-22H,23-24H2,1-3H3,(H,37,39)/b36-22-.